The lowest BCUT2D eigenvalue weighted by Gasteiger charge is -1.97. The third kappa shape index (κ3) is 4.52. The van der Waals surface area contributed by atoms with Gasteiger partial charge in [0, 0.05) is 27.5 Å². The van der Waals surface area contributed by atoms with E-state index in [2.05, 4.69) is 91.0 Å². The summed E-state index contributed by atoms with van der Waals surface area (Å²) in [6.45, 7) is 0. The summed E-state index contributed by atoms with van der Waals surface area (Å²) in [6, 6.07) is 32.6. The first-order valence-corrected chi connectivity index (χ1v) is 9.19. The molecule has 0 saturated carbocycles. The van der Waals surface area contributed by atoms with Gasteiger partial charge in [-0.15, -0.1) is 0 Å². The number of halogens is 4. The van der Waals surface area contributed by atoms with Crippen LogP contribution in [0.1, 0.15) is 0 Å². The molecule has 1 atom stereocenters. The predicted molar refractivity (Wildman–Crippen MR) is 103 cm³/mol. The van der Waals surface area contributed by atoms with Crippen molar-refractivity contribution in [3.05, 3.63) is 91.0 Å². The molecule has 132 valence electrons. The molecule has 4 aromatic rings. The highest BCUT2D eigenvalue weighted by atomic mass is 32.2. The molecule has 26 heavy (non-hydrogen) atoms. The molecule has 1 unspecified atom stereocenters. The molecule has 0 aliphatic carbocycles. The minimum Gasteiger partial charge on any atom is -0.418 e. The van der Waals surface area contributed by atoms with E-state index < -0.39 is 7.25 Å². The average molecular weight is 374 g/mol. The van der Waals surface area contributed by atoms with Crippen LogP contribution in [0, 0.1) is 0 Å². The van der Waals surface area contributed by atoms with Gasteiger partial charge in [0.25, 0.3) is 0 Å². The van der Waals surface area contributed by atoms with Crippen LogP contribution in [0.3, 0.4) is 0 Å². The van der Waals surface area contributed by atoms with Gasteiger partial charge in [-0.3, -0.25) is 0 Å². The van der Waals surface area contributed by atoms with Gasteiger partial charge in [0.2, 0.25) is 0 Å². The molecule has 0 fully saturated rings. The van der Waals surface area contributed by atoms with Crippen LogP contribution in [0.2, 0.25) is 0 Å². The average Bonchev–Trinajstić information content (AvgIpc) is 3.01. The summed E-state index contributed by atoms with van der Waals surface area (Å²) in [5.74, 6) is 0. The summed E-state index contributed by atoms with van der Waals surface area (Å²) in [7, 11) is -5.99. The molecule has 1 heterocycles. The fourth-order valence-corrected chi connectivity index (χ4v) is 5.09. The van der Waals surface area contributed by atoms with Crippen molar-refractivity contribution in [1.82, 2.24) is 0 Å². The third-order valence-electron chi connectivity index (χ3n) is 3.68. The highest BCUT2D eigenvalue weighted by Gasteiger charge is 2.23. The molecule has 0 bridgehead atoms. The second-order valence-corrected chi connectivity index (χ2v) is 7.49. The molecule has 0 amide bonds. The molecule has 3 aromatic carbocycles. The van der Waals surface area contributed by atoms with E-state index in [4.69, 9.17) is 0 Å². The zero-order chi connectivity index (χ0) is 18.6. The molecule has 0 radical (unpaired) electrons. The maximum absolute atomic E-state index is 9.75. The Morgan fingerprint density at radius 3 is 1.73 bits per heavy atom. The second kappa shape index (κ2) is 7.75. The minimum absolute atomic E-state index is 0.00673. The number of hydrogen-bond acceptors (Lipinski definition) is 0. The topological polar surface area (TPSA) is 0 Å². The normalized spacial score (nSPS) is 11.8. The van der Waals surface area contributed by atoms with Gasteiger partial charge < -0.3 is 17.3 Å². The van der Waals surface area contributed by atoms with E-state index in [1.165, 1.54) is 25.4 Å². The largest absolute Gasteiger partial charge is 0.673 e. The summed E-state index contributed by atoms with van der Waals surface area (Å²) >= 11 is 0. The van der Waals surface area contributed by atoms with Crippen LogP contribution < -0.4 is 0 Å². The van der Waals surface area contributed by atoms with Crippen molar-refractivity contribution >= 4 is 27.8 Å². The summed E-state index contributed by atoms with van der Waals surface area (Å²) < 4.78 is 40.4. The van der Waals surface area contributed by atoms with Crippen LogP contribution in [0.5, 0.6) is 0 Å². The molecule has 0 N–H and O–H groups in total. The van der Waals surface area contributed by atoms with Gasteiger partial charge in [-0.05, 0) is 36.4 Å². The predicted octanol–water partition coefficient (Wildman–Crippen LogP) is 7.55. The van der Waals surface area contributed by atoms with Gasteiger partial charge in [0.05, 0.1) is 0 Å². The smallest absolute Gasteiger partial charge is 0.418 e. The Hall–Kier alpha value is -2.60. The summed E-state index contributed by atoms with van der Waals surface area (Å²) in [5, 5.41) is 1.35. The lowest BCUT2D eigenvalue weighted by molar-refractivity contribution is 0.368. The molecular formula is C20H15BF4S. The molecule has 0 nitrogen and oxygen atoms in total. The Morgan fingerprint density at radius 1 is 0.615 bits per heavy atom. The van der Waals surface area contributed by atoms with E-state index in [1.54, 1.807) is 0 Å². The van der Waals surface area contributed by atoms with E-state index in [-0.39, 0.29) is 10.5 Å². The SMILES string of the molecule is F[B-](F)(F)F.c1ccc(-c2cc3ccccc3[s+]2-c2ccccc2)cc1. The zero-order valence-corrected chi connectivity index (χ0v) is 14.5. The first-order valence-electron chi connectivity index (χ1n) is 7.96. The molecular weight excluding hydrogens is 359 g/mol. The summed E-state index contributed by atoms with van der Waals surface area (Å²) in [4.78, 5) is 2.81. The summed E-state index contributed by atoms with van der Waals surface area (Å²) in [6.07, 6.45) is 0. The number of hydrogen-bond donors (Lipinski definition) is 0. The molecule has 0 saturated heterocycles. The van der Waals surface area contributed by atoms with Gasteiger partial charge in [-0.1, -0.05) is 48.5 Å². The van der Waals surface area contributed by atoms with Gasteiger partial charge in [0.1, 0.15) is 0 Å². The van der Waals surface area contributed by atoms with E-state index in [0.717, 1.165) is 0 Å². The van der Waals surface area contributed by atoms with E-state index in [9.17, 15) is 17.3 Å². The molecule has 0 aliphatic heterocycles. The van der Waals surface area contributed by atoms with E-state index >= 15 is 0 Å². The van der Waals surface area contributed by atoms with Crippen LogP contribution in [-0.2, 0) is 0 Å². The van der Waals surface area contributed by atoms with Crippen molar-refractivity contribution in [1.29, 1.82) is 0 Å². The maximum atomic E-state index is 9.75. The van der Waals surface area contributed by atoms with Crippen molar-refractivity contribution in [2.75, 3.05) is 0 Å². The van der Waals surface area contributed by atoms with Crippen molar-refractivity contribution in [3.63, 3.8) is 0 Å². The van der Waals surface area contributed by atoms with Gasteiger partial charge >= 0.3 is 7.25 Å². The fraction of sp³-hybridized carbons (Fsp3) is 0. The Labute approximate surface area is 151 Å². The standard InChI is InChI=1S/C20H15S.BF4/c1-3-9-16(10-4-1)20-15-17-11-7-8-14-19(17)21(20)18-12-5-2-6-13-18;2-1(3,4)5/h1-15H;/q+1;-1. The molecule has 0 spiro atoms. The van der Waals surface area contributed by atoms with Crippen molar-refractivity contribution < 1.29 is 17.3 Å². The van der Waals surface area contributed by atoms with Crippen molar-refractivity contribution in [3.8, 4) is 15.3 Å². The Morgan fingerprint density at radius 2 is 1.12 bits per heavy atom. The number of rotatable bonds is 2. The molecule has 0 aliphatic rings. The summed E-state index contributed by atoms with van der Waals surface area (Å²) in [5.41, 5.74) is 1.32. The quantitative estimate of drug-likeness (QED) is 0.193. The fourth-order valence-electron chi connectivity index (χ4n) is 2.72. The third-order valence-corrected chi connectivity index (χ3v) is 6.03. The first-order chi connectivity index (χ1) is 12.4. The minimum atomic E-state index is -6.00. The van der Waals surface area contributed by atoms with Crippen LogP contribution in [-0.4, -0.2) is 7.25 Å². The van der Waals surface area contributed by atoms with Gasteiger partial charge in [0.15, 0.2) is 14.5 Å². The molecule has 6 heteroatoms. The number of fused-ring (bicyclic) bond motifs is 1. The zero-order valence-electron chi connectivity index (χ0n) is 13.7. The van der Waals surface area contributed by atoms with Crippen LogP contribution in [0.15, 0.2) is 91.0 Å². The van der Waals surface area contributed by atoms with Crippen LogP contribution in [0.4, 0.5) is 17.3 Å². The van der Waals surface area contributed by atoms with Crippen LogP contribution >= 0.6 is 10.5 Å². The van der Waals surface area contributed by atoms with E-state index in [1.807, 2.05) is 0 Å². The lowest BCUT2D eigenvalue weighted by Crippen LogP contribution is -2.02. The lowest BCUT2D eigenvalue weighted by atomic mass is 10.2. The Balaban J connectivity index is 0.000000349. The first kappa shape index (κ1) is 18.2. The van der Waals surface area contributed by atoms with Crippen LogP contribution in [0.25, 0.3) is 25.4 Å². The molecule has 1 aromatic heterocycles. The van der Waals surface area contributed by atoms with Gasteiger partial charge in [-0.2, -0.15) is 0 Å². The highest BCUT2D eigenvalue weighted by molar-refractivity contribution is 7.47. The Kier molecular flexibility index (Phi) is 5.42. The highest BCUT2D eigenvalue weighted by Crippen LogP contribution is 2.48. The second-order valence-electron chi connectivity index (χ2n) is 5.53. The van der Waals surface area contributed by atoms with Crippen molar-refractivity contribution in [2.45, 2.75) is 0 Å². The number of benzene rings is 3. The molecule has 4 rings (SSSR count). The monoisotopic (exact) mass is 374 g/mol. The Bertz CT molecular complexity index is 973. The van der Waals surface area contributed by atoms with Crippen molar-refractivity contribution in [2.24, 2.45) is 0 Å². The van der Waals surface area contributed by atoms with E-state index in [0.29, 0.717) is 0 Å². The maximum Gasteiger partial charge on any atom is 0.673 e. The number of thiophene rings is 1. The van der Waals surface area contributed by atoms with Gasteiger partial charge in [-0.25, -0.2) is 0 Å².